The molecule has 6 nitrogen and oxygen atoms in total. The van der Waals surface area contributed by atoms with Crippen LogP contribution >= 0.6 is 0 Å². The van der Waals surface area contributed by atoms with Gasteiger partial charge in [-0.15, -0.1) is 0 Å². The molecule has 2 rings (SSSR count). The lowest BCUT2D eigenvalue weighted by molar-refractivity contribution is -0.116. The fraction of sp³-hybridized carbons (Fsp3) is 0.188. The van der Waals surface area contributed by atoms with Crippen LogP contribution in [0.4, 0.5) is 0 Å². The van der Waals surface area contributed by atoms with E-state index in [9.17, 15) is 14.4 Å². The Balaban J connectivity index is 2.05. The zero-order valence-electron chi connectivity index (χ0n) is 12.4. The van der Waals surface area contributed by atoms with Crippen molar-refractivity contribution in [2.24, 2.45) is 14.1 Å². The molecule has 0 atom stereocenters. The number of nitrogens with one attached hydrogen (secondary N) is 1. The van der Waals surface area contributed by atoms with Gasteiger partial charge in [-0.1, -0.05) is 30.3 Å². The summed E-state index contributed by atoms with van der Waals surface area (Å²) < 4.78 is 2.35. The van der Waals surface area contributed by atoms with E-state index in [-0.39, 0.29) is 12.5 Å². The van der Waals surface area contributed by atoms with Crippen LogP contribution in [0.5, 0.6) is 0 Å². The standard InChI is InChI=1S/C16H17N3O3/c1-18-13(10-15(21)19(2)16(18)22)11-17-14(20)9-8-12-6-4-3-5-7-12/h3-10H,11H2,1-2H3,(H,17,20)/b9-8+. The Morgan fingerprint density at radius 3 is 2.50 bits per heavy atom. The van der Waals surface area contributed by atoms with Crippen molar-refractivity contribution in [3.8, 4) is 0 Å². The molecule has 0 aliphatic rings. The minimum Gasteiger partial charge on any atom is -0.347 e. The highest BCUT2D eigenvalue weighted by atomic mass is 16.2. The fourth-order valence-electron chi connectivity index (χ4n) is 1.92. The summed E-state index contributed by atoms with van der Waals surface area (Å²) in [4.78, 5) is 35.1. The summed E-state index contributed by atoms with van der Waals surface area (Å²) in [5.41, 5.74) is 0.553. The maximum absolute atomic E-state index is 11.8. The Kier molecular flexibility index (Phi) is 4.73. The van der Waals surface area contributed by atoms with Crippen molar-refractivity contribution in [3.63, 3.8) is 0 Å². The molecular weight excluding hydrogens is 282 g/mol. The van der Waals surface area contributed by atoms with E-state index in [4.69, 9.17) is 0 Å². The van der Waals surface area contributed by atoms with Crippen LogP contribution < -0.4 is 16.6 Å². The molecule has 1 amide bonds. The Morgan fingerprint density at radius 2 is 1.82 bits per heavy atom. The second-order valence-corrected chi connectivity index (χ2v) is 4.84. The first kappa shape index (κ1) is 15.5. The normalized spacial score (nSPS) is 10.8. The van der Waals surface area contributed by atoms with Crippen molar-refractivity contribution < 1.29 is 4.79 Å². The third-order valence-corrected chi connectivity index (χ3v) is 3.30. The van der Waals surface area contributed by atoms with Gasteiger partial charge in [0.25, 0.3) is 5.56 Å². The SMILES string of the molecule is Cn1c(CNC(=O)/C=C/c2ccccc2)cc(=O)n(C)c1=O. The molecule has 0 radical (unpaired) electrons. The Morgan fingerprint density at radius 1 is 1.14 bits per heavy atom. The monoisotopic (exact) mass is 299 g/mol. The Hall–Kier alpha value is -2.89. The van der Waals surface area contributed by atoms with E-state index >= 15 is 0 Å². The van der Waals surface area contributed by atoms with Gasteiger partial charge in [-0.25, -0.2) is 4.79 Å². The zero-order valence-corrected chi connectivity index (χ0v) is 12.4. The molecule has 0 saturated heterocycles. The van der Waals surface area contributed by atoms with Gasteiger partial charge in [0.1, 0.15) is 0 Å². The van der Waals surface area contributed by atoms with Crippen LogP contribution in [0.2, 0.25) is 0 Å². The first-order valence-corrected chi connectivity index (χ1v) is 6.76. The predicted octanol–water partition coefficient (Wildman–Crippen LogP) is 0.414. The van der Waals surface area contributed by atoms with Crippen LogP contribution in [0.25, 0.3) is 6.08 Å². The minimum atomic E-state index is -0.420. The molecule has 6 heteroatoms. The van der Waals surface area contributed by atoms with Crippen LogP contribution in [0.3, 0.4) is 0 Å². The molecule has 1 N–H and O–H groups in total. The van der Waals surface area contributed by atoms with Crippen molar-refractivity contribution in [2.75, 3.05) is 0 Å². The van der Waals surface area contributed by atoms with Crippen LogP contribution in [0.15, 0.2) is 52.1 Å². The predicted molar refractivity (Wildman–Crippen MR) is 84.2 cm³/mol. The quantitative estimate of drug-likeness (QED) is 0.831. The summed E-state index contributed by atoms with van der Waals surface area (Å²) in [5.74, 6) is -0.294. The highest BCUT2D eigenvalue weighted by Gasteiger charge is 2.06. The minimum absolute atomic E-state index is 0.111. The van der Waals surface area contributed by atoms with Gasteiger partial charge in [0.15, 0.2) is 0 Å². The van der Waals surface area contributed by atoms with Crippen LogP contribution in [-0.4, -0.2) is 15.0 Å². The molecule has 114 valence electrons. The molecule has 0 bridgehead atoms. The lowest BCUT2D eigenvalue weighted by atomic mass is 10.2. The number of hydrogen-bond donors (Lipinski definition) is 1. The maximum Gasteiger partial charge on any atom is 0.330 e. The van der Waals surface area contributed by atoms with Gasteiger partial charge in [-0.05, 0) is 11.6 Å². The van der Waals surface area contributed by atoms with E-state index in [0.29, 0.717) is 5.69 Å². The van der Waals surface area contributed by atoms with E-state index in [0.717, 1.165) is 10.1 Å². The largest absolute Gasteiger partial charge is 0.347 e. The average molecular weight is 299 g/mol. The molecular formula is C16H17N3O3. The van der Waals surface area contributed by atoms with E-state index in [1.54, 1.807) is 13.1 Å². The third-order valence-electron chi connectivity index (χ3n) is 3.30. The number of hydrogen-bond acceptors (Lipinski definition) is 3. The molecule has 0 aliphatic heterocycles. The second-order valence-electron chi connectivity index (χ2n) is 4.84. The van der Waals surface area contributed by atoms with Crippen molar-refractivity contribution in [1.29, 1.82) is 0 Å². The summed E-state index contributed by atoms with van der Waals surface area (Å²) in [5, 5.41) is 2.65. The molecule has 1 aromatic heterocycles. The van der Waals surface area contributed by atoms with Crippen molar-refractivity contribution in [2.45, 2.75) is 6.54 Å². The molecule has 1 heterocycles. The van der Waals surface area contributed by atoms with Gasteiger partial charge in [0, 0.05) is 31.9 Å². The van der Waals surface area contributed by atoms with Gasteiger partial charge in [0.05, 0.1) is 6.54 Å². The van der Waals surface area contributed by atoms with E-state index < -0.39 is 11.2 Å². The fourth-order valence-corrected chi connectivity index (χ4v) is 1.92. The van der Waals surface area contributed by atoms with Crippen LogP contribution in [-0.2, 0) is 25.4 Å². The number of amides is 1. The highest BCUT2D eigenvalue weighted by molar-refractivity contribution is 5.91. The van der Waals surface area contributed by atoms with Crippen LogP contribution in [0, 0.1) is 0 Å². The number of rotatable bonds is 4. The summed E-state index contributed by atoms with van der Waals surface area (Å²) >= 11 is 0. The maximum atomic E-state index is 11.8. The molecule has 0 saturated carbocycles. The summed E-state index contributed by atoms with van der Waals surface area (Å²) in [7, 11) is 2.97. The first-order chi connectivity index (χ1) is 10.5. The third kappa shape index (κ3) is 3.60. The van der Waals surface area contributed by atoms with Crippen molar-refractivity contribution >= 4 is 12.0 Å². The van der Waals surface area contributed by atoms with Crippen molar-refractivity contribution in [1.82, 2.24) is 14.5 Å². The van der Waals surface area contributed by atoms with E-state index in [2.05, 4.69) is 5.32 Å². The number of carbonyl (C=O) groups excluding carboxylic acids is 1. The van der Waals surface area contributed by atoms with Gasteiger partial charge < -0.3 is 5.32 Å². The Labute approximate surface area is 127 Å². The van der Waals surface area contributed by atoms with Gasteiger partial charge in [-0.3, -0.25) is 18.7 Å². The molecule has 2 aromatic rings. The van der Waals surface area contributed by atoms with Gasteiger partial charge >= 0.3 is 5.69 Å². The summed E-state index contributed by atoms with van der Waals surface area (Å²) in [6.07, 6.45) is 3.10. The van der Waals surface area contributed by atoms with Crippen molar-refractivity contribution in [3.05, 3.63) is 74.6 Å². The van der Waals surface area contributed by atoms with Gasteiger partial charge in [0.2, 0.25) is 5.91 Å². The molecule has 0 aliphatic carbocycles. The smallest absolute Gasteiger partial charge is 0.330 e. The lowest BCUT2D eigenvalue weighted by Gasteiger charge is -2.09. The summed E-state index contributed by atoms with van der Waals surface area (Å²) in [6, 6.07) is 10.8. The average Bonchev–Trinajstić information content (AvgIpc) is 2.54. The molecule has 0 spiro atoms. The number of aromatic nitrogens is 2. The zero-order chi connectivity index (χ0) is 16.1. The number of nitrogens with zero attached hydrogens (tertiary/aromatic N) is 2. The molecule has 0 unspecified atom stereocenters. The topological polar surface area (TPSA) is 73.1 Å². The number of benzene rings is 1. The number of carbonyl (C=O) groups is 1. The summed E-state index contributed by atoms with van der Waals surface area (Å²) in [6.45, 7) is 0.111. The first-order valence-electron chi connectivity index (χ1n) is 6.76. The lowest BCUT2D eigenvalue weighted by Crippen LogP contribution is -2.39. The van der Waals surface area contributed by atoms with Crippen LogP contribution in [0.1, 0.15) is 11.3 Å². The Bertz CT molecular complexity index is 817. The second kappa shape index (κ2) is 6.71. The van der Waals surface area contributed by atoms with E-state index in [1.807, 2.05) is 30.3 Å². The molecule has 22 heavy (non-hydrogen) atoms. The van der Waals surface area contributed by atoms with E-state index in [1.165, 1.54) is 23.8 Å². The highest BCUT2D eigenvalue weighted by Crippen LogP contribution is 2.00. The molecule has 1 aromatic carbocycles. The van der Waals surface area contributed by atoms with Gasteiger partial charge in [-0.2, -0.15) is 0 Å². The molecule has 0 fully saturated rings.